The first-order chi connectivity index (χ1) is 10.0. The van der Waals surface area contributed by atoms with Crippen LogP contribution in [0.25, 0.3) is 0 Å². The van der Waals surface area contributed by atoms with Gasteiger partial charge in [0.2, 0.25) is 5.91 Å². The van der Waals surface area contributed by atoms with Gasteiger partial charge in [0.25, 0.3) is 0 Å². The highest BCUT2D eigenvalue weighted by Gasteiger charge is 2.22. The molecule has 0 saturated heterocycles. The standard InChI is InChI=1S/C15H22N2O3S/c1-21-10-9-13(15(19)20)17-14(18)12(16)8-7-11-5-3-2-4-6-11/h2-6,12-13H,7-10,16H2,1H3,(H,17,18)(H,19,20)/t12-,13+/m0/s1. The summed E-state index contributed by atoms with van der Waals surface area (Å²) in [5, 5.41) is 11.6. The SMILES string of the molecule is CSCC[C@@H](NC(=O)[C@@H](N)CCc1ccccc1)C(=O)O. The third-order valence-corrected chi connectivity index (χ3v) is 3.79. The summed E-state index contributed by atoms with van der Waals surface area (Å²) in [5.41, 5.74) is 6.94. The van der Waals surface area contributed by atoms with Gasteiger partial charge in [-0.25, -0.2) is 4.79 Å². The zero-order valence-corrected chi connectivity index (χ0v) is 12.9. The second-order valence-corrected chi connectivity index (χ2v) is 5.80. The number of nitrogens with two attached hydrogens (primary N) is 1. The van der Waals surface area contributed by atoms with Crippen LogP contribution in [0.3, 0.4) is 0 Å². The van der Waals surface area contributed by atoms with Crippen molar-refractivity contribution in [1.29, 1.82) is 0 Å². The lowest BCUT2D eigenvalue weighted by Gasteiger charge is -2.17. The Morgan fingerprint density at radius 2 is 1.95 bits per heavy atom. The van der Waals surface area contributed by atoms with Gasteiger partial charge in [-0.2, -0.15) is 11.8 Å². The van der Waals surface area contributed by atoms with E-state index in [4.69, 9.17) is 10.8 Å². The normalized spacial score (nSPS) is 13.4. The van der Waals surface area contributed by atoms with E-state index in [-0.39, 0.29) is 0 Å². The molecule has 0 unspecified atom stereocenters. The first-order valence-electron chi connectivity index (χ1n) is 6.86. The van der Waals surface area contributed by atoms with Crippen molar-refractivity contribution >= 4 is 23.6 Å². The maximum atomic E-state index is 11.9. The van der Waals surface area contributed by atoms with Crippen LogP contribution < -0.4 is 11.1 Å². The molecule has 1 rings (SSSR count). The molecule has 116 valence electrons. The molecule has 0 heterocycles. The Bertz CT molecular complexity index is 453. The molecule has 0 aromatic heterocycles. The molecule has 0 spiro atoms. The van der Waals surface area contributed by atoms with Gasteiger partial charge in [-0.3, -0.25) is 4.79 Å². The number of hydrogen-bond acceptors (Lipinski definition) is 4. The Kier molecular flexibility index (Phi) is 7.85. The van der Waals surface area contributed by atoms with Crippen LogP contribution in [-0.4, -0.2) is 41.1 Å². The highest BCUT2D eigenvalue weighted by Crippen LogP contribution is 2.05. The van der Waals surface area contributed by atoms with Gasteiger partial charge in [0.15, 0.2) is 0 Å². The molecular formula is C15H22N2O3S. The van der Waals surface area contributed by atoms with Gasteiger partial charge in [-0.05, 0) is 36.8 Å². The van der Waals surface area contributed by atoms with Crippen molar-refractivity contribution in [2.24, 2.45) is 5.73 Å². The highest BCUT2D eigenvalue weighted by atomic mass is 32.2. The number of carbonyl (C=O) groups is 2. The molecule has 0 saturated carbocycles. The minimum Gasteiger partial charge on any atom is -0.480 e. The third-order valence-electron chi connectivity index (χ3n) is 3.15. The van der Waals surface area contributed by atoms with Crippen LogP contribution in [0.15, 0.2) is 30.3 Å². The Labute approximate surface area is 129 Å². The van der Waals surface area contributed by atoms with Crippen molar-refractivity contribution in [3.05, 3.63) is 35.9 Å². The molecule has 1 aromatic rings. The lowest BCUT2D eigenvalue weighted by Crippen LogP contribution is -2.48. The average molecular weight is 310 g/mol. The van der Waals surface area contributed by atoms with E-state index in [2.05, 4.69) is 5.32 Å². The largest absolute Gasteiger partial charge is 0.480 e. The van der Waals surface area contributed by atoms with Crippen molar-refractivity contribution in [2.75, 3.05) is 12.0 Å². The second kappa shape index (κ2) is 9.41. The molecule has 4 N–H and O–H groups in total. The lowest BCUT2D eigenvalue weighted by molar-refractivity contribution is -0.142. The summed E-state index contributed by atoms with van der Waals surface area (Å²) in [5.74, 6) is -0.747. The minimum absolute atomic E-state index is 0.396. The molecule has 0 fully saturated rings. The number of thioether (sulfide) groups is 1. The summed E-state index contributed by atoms with van der Waals surface area (Å²) in [6, 6.07) is 8.19. The zero-order valence-electron chi connectivity index (χ0n) is 12.1. The number of hydrogen-bond donors (Lipinski definition) is 3. The van der Waals surface area contributed by atoms with Gasteiger partial charge >= 0.3 is 5.97 Å². The van der Waals surface area contributed by atoms with E-state index in [1.165, 1.54) is 0 Å². The van der Waals surface area contributed by atoms with Crippen molar-refractivity contribution in [1.82, 2.24) is 5.32 Å². The van der Waals surface area contributed by atoms with Gasteiger partial charge in [0.05, 0.1) is 6.04 Å². The predicted molar refractivity (Wildman–Crippen MR) is 85.3 cm³/mol. The van der Waals surface area contributed by atoms with E-state index in [0.29, 0.717) is 25.0 Å². The van der Waals surface area contributed by atoms with E-state index >= 15 is 0 Å². The number of aryl methyl sites for hydroxylation is 1. The predicted octanol–water partition coefficient (Wildman–Crippen LogP) is 1.27. The third kappa shape index (κ3) is 6.64. The van der Waals surface area contributed by atoms with Crippen molar-refractivity contribution < 1.29 is 14.7 Å². The van der Waals surface area contributed by atoms with Crippen LogP contribution in [0.1, 0.15) is 18.4 Å². The first-order valence-corrected chi connectivity index (χ1v) is 8.25. The Morgan fingerprint density at radius 3 is 2.52 bits per heavy atom. The molecule has 1 amide bonds. The zero-order chi connectivity index (χ0) is 15.7. The summed E-state index contributed by atoms with van der Waals surface area (Å²) in [7, 11) is 0. The van der Waals surface area contributed by atoms with Gasteiger partial charge in [0.1, 0.15) is 6.04 Å². The fourth-order valence-corrected chi connectivity index (χ4v) is 2.34. The number of carbonyl (C=O) groups excluding carboxylic acids is 1. The van der Waals surface area contributed by atoms with Crippen LogP contribution in [0.2, 0.25) is 0 Å². The molecule has 1 aromatic carbocycles. The van der Waals surface area contributed by atoms with Crippen LogP contribution in [0.4, 0.5) is 0 Å². The average Bonchev–Trinajstić information content (AvgIpc) is 2.49. The highest BCUT2D eigenvalue weighted by molar-refractivity contribution is 7.98. The van der Waals surface area contributed by atoms with Crippen LogP contribution >= 0.6 is 11.8 Å². The lowest BCUT2D eigenvalue weighted by atomic mass is 10.0. The second-order valence-electron chi connectivity index (χ2n) is 4.81. The van der Waals surface area contributed by atoms with E-state index in [0.717, 1.165) is 5.56 Å². The number of aliphatic carboxylic acids is 1. The van der Waals surface area contributed by atoms with Crippen molar-refractivity contribution in [2.45, 2.75) is 31.3 Å². The van der Waals surface area contributed by atoms with E-state index < -0.39 is 24.0 Å². The Balaban J connectivity index is 2.43. The van der Waals surface area contributed by atoms with Gasteiger partial charge in [-0.1, -0.05) is 30.3 Å². The Hall–Kier alpha value is -1.53. The van der Waals surface area contributed by atoms with E-state index in [1.54, 1.807) is 11.8 Å². The quantitative estimate of drug-likeness (QED) is 0.639. The maximum absolute atomic E-state index is 11.9. The molecule has 2 atom stereocenters. The number of nitrogens with one attached hydrogen (secondary N) is 1. The molecule has 0 bridgehead atoms. The number of carboxylic acids is 1. The molecule has 5 nitrogen and oxygen atoms in total. The van der Waals surface area contributed by atoms with Crippen molar-refractivity contribution in [3.63, 3.8) is 0 Å². The summed E-state index contributed by atoms with van der Waals surface area (Å²) in [6.07, 6.45) is 3.47. The number of amides is 1. The van der Waals surface area contributed by atoms with Crippen LogP contribution in [-0.2, 0) is 16.0 Å². The maximum Gasteiger partial charge on any atom is 0.326 e. The van der Waals surface area contributed by atoms with Crippen LogP contribution in [0, 0.1) is 0 Å². The molecule has 0 radical (unpaired) electrons. The summed E-state index contributed by atoms with van der Waals surface area (Å²) < 4.78 is 0. The summed E-state index contributed by atoms with van der Waals surface area (Å²) in [6.45, 7) is 0. The first kappa shape index (κ1) is 17.5. The number of benzene rings is 1. The fraction of sp³-hybridized carbons (Fsp3) is 0.467. The van der Waals surface area contributed by atoms with E-state index in [9.17, 15) is 9.59 Å². The van der Waals surface area contributed by atoms with E-state index in [1.807, 2.05) is 36.6 Å². The Morgan fingerprint density at radius 1 is 1.29 bits per heavy atom. The monoisotopic (exact) mass is 310 g/mol. The number of rotatable bonds is 9. The number of carboxylic acid groups (broad SMARTS) is 1. The summed E-state index contributed by atoms with van der Waals surface area (Å²) >= 11 is 1.54. The van der Waals surface area contributed by atoms with Gasteiger partial charge in [-0.15, -0.1) is 0 Å². The van der Waals surface area contributed by atoms with Gasteiger partial charge < -0.3 is 16.2 Å². The van der Waals surface area contributed by atoms with Crippen molar-refractivity contribution in [3.8, 4) is 0 Å². The van der Waals surface area contributed by atoms with Gasteiger partial charge in [0, 0.05) is 0 Å². The smallest absolute Gasteiger partial charge is 0.326 e. The summed E-state index contributed by atoms with van der Waals surface area (Å²) in [4.78, 5) is 23.0. The molecule has 0 aliphatic rings. The molecular weight excluding hydrogens is 288 g/mol. The molecule has 0 aliphatic carbocycles. The van der Waals surface area contributed by atoms with Crippen LogP contribution in [0.5, 0.6) is 0 Å². The topological polar surface area (TPSA) is 92.4 Å². The molecule has 6 heteroatoms. The molecule has 0 aliphatic heterocycles. The molecule has 21 heavy (non-hydrogen) atoms. The minimum atomic E-state index is -1.02. The fourth-order valence-electron chi connectivity index (χ4n) is 1.87.